The third kappa shape index (κ3) is 2.76. The summed E-state index contributed by atoms with van der Waals surface area (Å²) in [5, 5.41) is 9.99. The molecule has 2 rings (SSSR count). The molecule has 1 aromatic rings. The van der Waals surface area contributed by atoms with Gasteiger partial charge in [0.15, 0.2) is 0 Å². The summed E-state index contributed by atoms with van der Waals surface area (Å²) in [6.45, 7) is 7.70. The smallest absolute Gasteiger partial charge is 0.122 e. The lowest BCUT2D eigenvalue weighted by molar-refractivity contribution is -0.00523. The second kappa shape index (κ2) is 5.16. The summed E-state index contributed by atoms with van der Waals surface area (Å²) in [4.78, 5) is 2.24. The van der Waals surface area contributed by atoms with Crippen LogP contribution in [0.5, 0.6) is 5.75 Å². The van der Waals surface area contributed by atoms with Gasteiger partial charge in [-0.3, -0.25) is 0 Å². The Morgan fingerprint density at radius 3 is 2.44 bits per heavy atom. The van der Waals surface area contributed by atoms with Crippen molar-refractivity contribution in [1.29, 1.82) is 0 Å². The highest BCUT2D eigenvalue weighted by Gasteiger charge is 2.23. The van der Waals surface area contributed by atoms with Crippen molar-refractivity contribution in [3.05, 3.63) is 23.8 Å². The lowest BCUT2D eigenvalue weighted by Gasteiger charge is -2.37. The van der Waals surface area contributed by atoms with Gasteiger partial charge in [0.2, 0.25) is 0 Å². The van der Waals surface area contributed by atoms with Crippen molar-refractivity contribution < 1.29 is 9.84 Å². The third-order valence-corrected chi connectivity index (χ3v) is 3.29. The summed E-state index contributed by atoms with van der Waals surface area (Å²) in [5.74, 6) is 0.272. The number of nitrogens with two attached hydrogens (primary N) is 1. The fraction of sp³-hybridized carbons (Fsp3) is 0.571. The Labute approximate surface area is 108 Å². The van der Waals surface area contributed by atoms with Crippen LogP contribution < -0.4 is 10.6 Å². The zero-order valence-electron chi connectivity index (χ0n) is 11.3. The van der Waals surface area contributed by atoms with E-state index in [9.17, 15) is 5.11 Å². The molecule has 3 N–H and O–H groups in total. The van der Waals surface area contributed by atoms with E-state index in [4.69, 9.17) is 10.5 Å². The van der Waals surface area contributed by atoms with Crippen LogP contribution in [0.1, 0.15) is 32.4 Å². The molecule has 4 heteroatoms. The molecule has 0 bridgehead atoms. The normalized spacial score (nSPS) is 26.1. The van der Waals surface area contributed by atoms with Crippen molar-refractivity contribution in [2.45, 2.75) is 39.0 Å². The molecule has 1 unspecified atom stereocenters. The second-order valence-electron chi connectivity index (χ2n) is 5.19. The summed E-state index contributed by atoms with van der Waals surface area (Å²) in [5.41, 5.74) is 7.61. The van der Waals surface area contributed by atoms with E-state index in [2.05, 4.69) is 18.7 Å². The first-order valence-electron chi connectivity index (χ1n) is 6.46. The lowest BCUT2D eigenvalue weighted by atomic mass is 10.1. The minimum Gasteiger partial charge on any atom is -0.508 e. The van der Waals surface area contributed by atoms with Gasteiger partial charge < -0.3 is 20.5 Å². The maximum absolute atomic E-state index is 9.99. The molecule has 1 fully saturated rings. The minimum absolute atomic E-state index is 0.151. The van der Waals surface area contributed by atoms with Gasteiger partial charge in [-0.05, 0) is 26.8 Å². The van der Waals surface area contributed by atoms with Gasteiger partial charge in [-0.1, -0.05) is 6.07 Å². The Morgan fingerprint density at radius 2 is 1.94 bits per heavy atom. The van der Waals surface area contributed by atoms with E-state index < -0.39 is 0 Å². The number of phenolic OH excluding ortho intramolecular Hbond substituents is 1. The van der Waals surface area contributed by atoms with Gasteiger partial charge in [-0.25, -0.2) is 0 Å². The summed E-state index contributed by atoms with van der Waals surface area (Å²) >= 11 is 0. The zero-order chi connectivity index (χ0) is 13.3. The fourth-order valence-corrected chi connectivity index (χ4v) is 2.50. The van der Waals surface area contributed by atoms with Crippen LogP contribution in [0.2, 0.25) is 0 Å². The molecule has 100 valence electrons. The molecule has 0 radical (unpaired) electrons. The van der Waals surface area contributed by atoms with Crippen LogP contribution in [0.25, 0.3) is 0 Å². The molecule has 1 aromatic carbocycles. The number of hydrogen-bond donors (Lipinski definition) is 2. The van der Waals surface area contributed by atoms with Gasteiger partial charge in [0.1, 0.15) is 5.75 Å². The number of hydrogen-bond acceptors (Lipinski definition) is 4. The zero-order valence-corrected chi connectivity index (χ0v) is 11.3. The van der Waals surface area contributed by atoms with Crippen molar-refractivity contribution in [3.8, 4) is 5.75 Å². The van der Waals surface area contributed by atoms with Gasteiger partial charge in [-0.2, -0.15) is 0 Å². The van der Waals surface area contributed by atoms with Gasteiger partial charge in [0.05, 0.1) is 12.2 Å². The van der Waals surface area contributed by atoms with Gasteiger partial charge >= 0.3 is 0 Å². The van der Waals surface area contributed by atoms with Crippen molar-refractivity contribution in [2.24, 2.45) is 5.73 Å². The summed E-state index contributed by atoms with van der Waals surface area (Å²) < 4.78 is 5.71. The molecule has 18 heavy (non-hydrogen) atoms. The molecule has 0 aliphatic carbocycles. The van der Waals surface area contributed by atoms with Crippen molar-refractivity contribution >= 4 is 5.69 Å². The maximum Gasteiger partial charge on any atom is 0.122 e. The van der Waals surface area contributed by atoms with Gasteiger partial charge in [-0.15, -0.1) is 0 Å². The molecule has 0 amide bonds. The van der Waals surface area contributed by atoms with Crippen LogP contribution >= 0.6 is 0 Å². The Hall–Kier alpha value is -1.26. The Kier molecular flexibility index (Phi) is 3.78. The van der Waals surface area contributed by atoms with E-state index in [1.807, 2.05) is 19.1 Å². The quantitative estimate of drug-likeness (QED) is 0.843. The number of benzene rings is 1. The van der Waals surface area contributed by atoms with E-state index in [1.165, 1.54) is 0 Å². The first-order valence-corrected chi connectivity index (χ1v) is 6.46. The highest BCUT2D eigenvalue weighted by atomic mass is 16.5. The molecule has 4 nitrogen and oxygen atoms in total. The topological polar surface area (TPSA) is 58.7 Å². The number of morpholine rings is 1. The fourth-order valence-electron chi connectivity index (χ4n) is 2.50. The second-order valence-corrected chi connectivity index (χ2v) is 5.19. The summed E-state index contributed by atoms with van der Waals surface area (Å²) in [6.07, 6.45) is 0.424. The number of anilines is 1. The molecular formula is C14H22N2O2. The van der Waals surface area contributed by atoms with Crippen LogP contribution in [0.15, 0.2) is 18.2 Å². The van der Waals surface area contributed by atoms with Crippen LogP contribution in [0.4, 0.5) is 5.69 Å². The number of aromatic hydroxyl groups is 1. The number of nitrogens with zero attached hydrogens (tertiary/aromatic N) is 1. The molecule has 1 aliphatic heterocycles. The molecule has 1 aliphatic rings. The highest BCUT2D eigenvalue weighted by molar-refractivity contribution is 5.54. The van der Waals surface area contributed by atoms with Crippen LogP contribution in [-0.2, 0) is 4.74 Å². The average molecular weight is 250 g/mol. The van der Waals surface area contributed by atoms with Crippen LogP contribution in [0, 0.1) is 0 Å². The van der Waals surface area contributed by atoms with E-state index >= 15 is 0 Å². The monoisotopic (exact) mass is 250 g/mol. The molecule has 1 saturated heterocycles. The third-order valence-electron chi connectivity index (χ3n) is 3.29. The molecule has 1 heterocycles. The number of rotatable bonds is 2. The SMILES string of the molecule is CC(N)c1ccc(N2C[C@@H](C)O[C@@H](C)C2)cc1O. The first kappa shape index (κ1) is 13.2. The molecular weight excluding hydrogens is 228 g/mol. The maximum atomic E-state index is 9.99. The summed E-state index contributed by atoms with van der Waals surface area (Å²) in [6, 6.07) is 5.56. The molecule has 0 aromatic heterocycles. The number of phenols is 1. The summed E-state index contributed by atoms with van der Waals surface area (Å²) in [7, 11) is 0. The Balaban J connectivity index is 2.21. The predicted molar refractivity (Wildman–Crippen MR) is 72.9 cm³/mol. The van der Waals surface area contributed by atoms with Crippen LogP contribution in [-0.4, -0.2) is 30.4 Å². The average Bonchev–Trinajstić information content (AvgIpc) is 2.26. The van der Waals surface area contributed by atoms with E-state index in [1.54, 1.807) is 6.07 Å². The first-order chi connectivity index (χ1) is 8.47. The minimum atomic E-state index is -0.151. The predicted octanol–water partition coefficient (Wildman–Crippen LogP) is 2.03. The largest absolute Gasteiger partial charge is 0.508 e. The van der Waals surface area contributed by atoms with Gasteiger partial charge in [0.25, 0.3) is 0 Å². The van der Waals surface area contributed by atoms with Gasteiger partial charge in [0, 0.05) is 36.4 Å². The number of ether oxygens (including phenoxy) is 1. The van der Waals surface area contributed by atoms with E-state index in [0.717, 1.165) is 24.3 Å². The van der Waals surface area contributed by atoms with Crippen molar-refractivity contribution in [1.82, 2.24) is 0 Å². The lowest BCUT2D eigenvalue weighted by Crippen LogP contribution is -2.45. The van der Waals surface area contributed by atoms with E-state index in [0.29, 0.717) is 0 Å². The standard InChI is InChI=1S/C14H22N2O2/c1-9-7-16(8-10(2)18-9)12-4-5-13(11(3)15)14(17)6-12/h4-6,9-11,17H,7-8,15H2,1-3H3/t9-,10+,11?. The molecule has 0 saturated carbocycles. The van der Waals surface area contributed by atoms with Crippen molar-refractivity contribution in [2.75, 3.05) is 18.0 Å². The molecule has 0 spiro atoms. The Morgan fingerprint density at radius 1 is 1.33 bits per heavy atom. The van der Waals surface area contributed by atoms with Crippen LogP contribution in [0.3, 0.4) is 0 Å². The van der Waals surface area contributed by atoms with Crippen molar-refractivity contribution in [3.63, 3.8) is 0 Å². The van der Waals surface area contributed by atoms with E-state index in [-0.39, 0.29) is 24.0 Å². The highest BCUT2D eigenvalue weighted by Crippen LogP contribution is 2.29. The molecule has 3 atom stereocenters. The Bertz CT molecular complexity index is 410.